The van der Waals surface area contributed by atoms with Crippen molar-refractivity contribution in [2.45, 2.75) is 19.5 Å². The summed E-state index contributed by atoms with van der Waals surface area (Å²) in [5.74, 6) is 0.486. The van der Waals surface area contributed by atoms with Gasteiger partial charge in [-0.15, -0.1) is 0 Å². The first-order valence-corrected chi connectivity index (χ1v) is 6.62. The van der Waals surface area contributed by atoms with Gasteiger partial charge in [0.2, 0.25) is 0 Å². The van der Waals surface area contributed by atoms with Crippen molar-refractivity contribution in [3.8, 4) is 0 Å². The number of hydrogen-bond donors (Lipinski definition) is 1. The summed E-state index contributed by atoms with van der Waals surface area (Å²) in [6.45, 7) is 2.42. The normalized spacial score (nSPS) is 12.8. The summed E-state index contributed by atoms with van der Waals surface area (Å²) in [5.41, 5.74) is 8.52. The van der Waals surface area contributed by atoms with E-state index < -0.39 is 0 Å². The van der Waals surface area contributed by atoms with Crippen molar-refractivity contribution in [3.63, 3.8) is 0 Å². The van der Waals surface area contributed by atoms with Crippen LogP contribution in [0.5, 0.6) is 0 Å². The van der Waals surface area contributed by atoms with Gasteiger partial charge in [0.1, 0.15) is 11.6 Å². The fourth-order valence-electron chi connectivity index (χ4n) is 2.58. The minimum absolute atomic E-state index is 0.102. The summed E-state index contributed by atoms with van der Waals surface area (Å²) >= 11 is 0. The van der Waals surface area contributed by atoms with E-state index in [1.54, 1.807) is 6.07 Å². The Labute approximate surface area is 116 Å². The van der Waals surface area contributed by atoms with Crippen LogP contribution in [0, 0.1) is 5.82 Å². The number of benzene rings is 2. The highest BCUT2D eigenvalue weighted by Gasteiger charge is 2.16. The Kier molecular flexibility index (Phi) is 3.24. The number of fused-ring (bicyclic) bond motifs is 1. The summed E-state index contributed by atoms with van der Waals surface area (Å²) in [5, 5.41) is 0. The van der Waals surface area contributed by atoms with Crippen molar-refractivity contribution in [1.82, 2.24) is 9.55 Å². The van der Waals surface area contributed by atoms with E-state index in [1.807, 2.05) is 18.2 Å². The third kappa shape index (κ3) is 2.08. The molecule has 0 bridgehead atoms. The van der Waals surface area contributed by atoms with Gasteiger partial charge in [0.25, 0.3) is 0 Å². The van der Waals surface area contributed by atoms with Crippen LogP contribution in [-0.4, -0.2) is 9.55 Å². The molecule has 20 heavy (non-hydrogen) atoms. The summed E-state index contributed by atoms with van der Waals surface area (Å²) in [4.78, 5) is 4.44. The van der Waals surface area contributed by atoms with E-state index in [4.69, 9.17) is 5.73 Å². The van der Waals surface area contributed by atoms with Crippen LogP contribution in [0.2, 0.25) is 0 Å². The lowest BCUT2D eigenvalue weighted by Crippen LogP contribution is -2.13. The molecule has 2 N–H and O–H groups in total. The predicted molar refractivity (Wildman–Crippen MR) is 77.8 cm³/mol. The van der Waals surface area contributed by atoms with Crippen LogP contribution in [0.15, 0.2) is 48.5 Å². The number of aromatic nitrogens is 2. The minimum atomic E-state index is -0.280. The second kappa shape index (κ2) is 5.06. The Bertz CT molecular complexity index is 734. The maximum Gasteiger partial charge on any atom is 0.125 e. The standard InChI is InChI=1S/C16H16FN3/c1-11(12-5-3-2-4-6-12)20-15-8-7-13(17)9-14(15)19-16(20)10-18/h2-9,11H,10,18H2,1H3. The molecule has 3 aromatic rings. The van der Waals surface area contributed by atoms with E-state index in [-0.39, 0.29) is 11.9 Å². The Hall–Kier alpha value is -2.20. The van der Waals surface area contributed by atoms with Crippen molar-refractivity contribution in [2.24, 2.45) is 5.73 Å². The minimum Gasteiger partial charge on any atom is -0.324 e. The maximum atomic E-state index is 13.3. The van der Waals surface area contributed by atoms with Gasteiger partial charge in [0.15, 0.2) is 0 Å². The summed E-state index contributed by atoms with van der Waals surface area (Å²) < 4.78 is 15.4. The molecule has 0 aliphatic heterocycles. The Morgan fingerprint density at radius 1 is 1.20 bits per heavy atom. The molecule has 102 valence electrons. The Balaban J connectivity index is 2.19. The monoisotopic (exact) mass is 269 g/mol. The largest absolute Gasteiger partial charge is 0.324 e. The third-order valence-corrected chi connectivity index (χ3v) is 3.58. The molecule has 1 unspecified atom stereocenters. The first kappa shape index (κ1) is 12.8. The molecule has 0 saturated heterocycles. The van der Waals surface area contributed by atoms with E-state index >= 15 is 0 Å². The van der Waals surface area contributed by atoms with Crippen molar-refractivity contribution in [1.29, 1.82) is 0 Å². The number of imidazole rings is 1. The molecule has 1 heterocycles. The average molecular weight is 269 g/mol. The van der Waals surface area contributed by atoms with Gasteiger partial charge in [-0.3, -0.25) is 0 Å². The lowest BCUT2D eigenvalue weighted by molar-refractivity contribution is 0.618. The lowest BCUT2D eigenvalue weighted by Gasteiger charge is -2.17. The quantitative estimate of drug-likeness (QED) is 0.793. The van der Waals surface area contributed by atoms with Gasteiger partial charge in [0.05, 0.1) is 23.6 Å². The fraction of sp³-hybridized carbons (Fsp3) is 0.188. The van der Waals surface area contributed by atoms with Gasteiger partial charge in [-0.2, -0.15) is 0 Å². The van der Waals surface area contributed by atoms with Gasteiger partial charge in [-0.05, 0) is 24.6 Å². The van der Waals surface area contributed by atoms with Crippen LogP contribution in [-0.2, 0) is 6.54 Å². The van der Waals surface area contributed by atoms with Crippen LogP contribution < -0.4 is 5.73 Å². The number of halogens is 1. The smallest absolute Gasteiger partial charge is 0.125 e. The van der Waals surface area contributed by atoms with E-state index in [0.717, 1.165) is 11.3 Å². The van der Waals surface area contributed by atoms with E-state index in [1.165, 1.54) is 17.7 Å². The molecule has 3 rings (SSSR count). The molecule has 0 spiro atoms. The van der Waals surface area contributed by atoms with Crippen LogP contribution in [0.1, 0.15) is 24.4 Å². The molecule has 0 radical (unpaired) electrons. The first-order valence-electron chi connectivity index (χ1n) is 6.62. The molecule has 2 aromatic carbocycles. The zero-order valence-corrected chi connectivity index (χ0v) is 11.3. The molecule has 0 aliphatic rings. The third-order valence-electron chi connectivity index (χ3n) is 3.58. The predicted octanol–water partition coefficient (Wildman–Crippen LogP) is 3.24. The number of nitrogens with zero attached hydrogens (tertiary/aromatic N) is 2. The summed E-state index contributed by atoms with van der Waals surface area (Å²) in [7, 11) is 0. The average Bonchev–Trinajstić information content (AvgIpc) is 2.84. The zero-order chi connectivity index (χ0) is 14.1. The van der Waals surface area contributed by atoms with Crippen molar-refractivity contribution >= 4 is 11.0 Å². The summed E-state index contributed by atoms with van der Waals surface area (Å²) in [6, 6.07) is 14.9. The van der Waals surface area contributed by atoms with E-state index in [2.05, 4.69) is 28.6 Å². The number of hydrogen-bond acceptors (Lipinski definition) is 2. The highest BCUT2D eigenvalue weighted by Crippen LogP contribution is 2.26. The highest BCUT2D eigenvalue weighted by atomic mass is 19.1. The van der Waals surface area contributed by atoms with Crippen LogP contribution in [0.3, 0.4) is 0 Å². The van der Waals surface area contributed by atoms with Crippen molar-refractivity contribution < 1.29 is 4.39 Å². The van der Waals surface area contributed by atoms with Crippen LogP contribution in [0.25, 0.3) is 11.0 Å². The fourth-order valence-corrected chi connectivity index (χ4v) is 2.58. The SMILES string of the molecule is CC(c1ccccc1)n1c(CN)nc2cc(F)ccc21. The van der Waals surface area contributed by atoms with Crippen LogP contribution in [0.4, 0.5) is 4.39 Å². The first-order chi connectivity index (χ1) is 9.70. The molecule has 1 aromatic heterocycles. The second-order valence-corrected chi connectivity index (χ2v) is 4.82. The second-order valence-electron chi connectivity index (χ2n) is 4.82. The van der Waals surface area contributed by atoms with Gasteiger partial charge in [0, 0.05) is 6.07 Å². The number of nitrogens with two attached hydrogens (primary N) is 1. The van der Waals surface area contributed by atoms with Crippen molar-refractivity contribution in [3.05, 3.63) is 65.7 Å². The lowest BCUT2D eigenvalue weighted by atomic mass is 10.1. The molecular weight excluding hydrogens is 253 g/mol. The molecule has 1 atom stereocenters. The van der Waals surface area contributed by atoms with Gasteiger partial charge >= 0.3 is 0 Å². The topological polar surface area (TPSA) is 43.8 Å². The zero-order valence-electron chi connectivity index (χ0n) is 11.3. The molecule has 0 saturated carbocycles. The molecule has 0 amide bonds. The Morgan fingerprint density at radius 2 is 1.95 bits per heavy atom. The maximum absolute atomic E-state index is 13.3. The highest BCUT2D eigenvalue weighted by molar-refractivity contribution is 5.76. The number of rotatable bonds is 3. The molecular formula is C16H16FN3. The van der Waals surface area contributed by atoms with Gasteiger partial charge in [-0.25, -0.2) is 9.37 Å². The summed E-state index contributed by atoms with van der Waals surface area (Å²) in [6.07, 6.45) is 0. The van der Waals surface area contributed by atoms with Crippen LogP contribution >= 0.6 is 0 Å². The Morgan fingerprint density at radius 3 is 2.65 bits per heavy atom. The van der Waals surface area contributed by atoms with E-state index in [9.17, 15) is 4.39 Å². The van der Waals surface area contributed by atoms with Crippen molar-refractivity contribution in [2.75, 3.05) is 0 Å². The van der Waals surface area contributed by atoms with Gasteiger partial charge < -0.3 is 10.3 Å². The molecule has 3 nitrogen and oxygen atoms in total. The molecule has 0 aliphatic carbocycles. The van der Waals surface area contributed by atoms with Gasteiger partial charge in [-0.1, -0.05) is 30.3 Å². The molecule has 0 fully saturated rings. The van der Waals surface area contributed by atoms with E-state index in [0.29, 0.717) is 12.1 Å². The molecule has 4 heteroatoms.